The molecule has 0 aliphatic carbocycles. The number of hydrogen-bond acceptors (Lipinski definition) is 2. The first-order valence-electron chi connectivity index (χ1n) is 3.80. The van der Waals surface area contributed by atoms with Crippen molar-refractivity contribution in [2.45, 2.75) is 4.90 Å². The molecule has 0 aliphatic rings. The van der Waals surface area contributed by atoms with Crippen molar-refractivity contribution in [3.8, 4) is 0 Å². The van der Waals surface area contributed by atoms with E-state index in [1.54, 1.807) is 0 Å². The zero-order chi connectivity index (χ0) is 11.2. The maximum atomic E-state index is 13.3. The van der Waals surface area contributed by atoms with E-state index >= 15 is 0 Å². The number of aromatic nitrogens is 1. The Morgan fingerprint density at radius 2 is 1.93 bits per heavy atom. The number of nitrogens with one attached hydrogen (secondary N) is 1. The summed E-state index contributed by atoms with van der Waals surface area (Å²) in [6.07, 6.45) is 1.02. The van der Waals surface area contributed by atoms with Gasteiger partial charge in [-0.3, -0.25) is 0 Å². The van der Waals surface area contributed by atoms with Crippen LogP contribution in [0, 0.1) is 11.6 Å². The van der Waals surface area contributed by atoms with Crippen molar-refractivity contribution in [1.82, 2.24) is 4.98 Å². The highest BCUT2D eigenvalue weighted by Gasteiger charge is 2.19. The molecule has 0 saturated carbocycles. The standard InChI is InChI=1S/C8H4ClF2NO2S/c9-15(13,14)7-3-12-6-2-4(10)1-5(11)8(6)7/h1-3,12H. The van der Waals surface area contributed by atoms with E-state index in [1.807, 2.05) is 0 Å². The fourth-order valence-electron chi connectivity index (χ4n) is 1.35. The molecule has 2 aromatic rings. The van der Waals surface area contributed by atoms with Crippen LogP contribution < -0.4 is 0 Å². The SMILES string of the molecule is O=S(=O)(Cl)c1c[nH]c2cc(F)cc(F)c12. The smallest absolute Gasteiger partial charge is 0.263 e. The molecule has 0 aliphatic heterocycles. The van der Waals surface area contributed by atoms with Gasteiger partial charge in [0.1, 0.15) is 16.5 Å². The molecule has 3 nitrogen and oxygen atoms in total. The molecule has 15 heavy (non-hydrogen) atoms. The average molecular weight is 252 g/mol. The third-order valence-electron chi connectivity index (χ3n) is 1.92. The molecule has 1 aromatic heterocycles. The Hall–Kier alpha value is -1.14. The summed E-state index contributed by atoms with van der Waals surface area (Å²) in [5.74, 6) is -1.76. The van der Waals surface area contributed by atoms with Crippen LogP contribution in [-0.2, 0) is 9.05 Å². The van der Waals surface area contributed by atoms with Crippen molar-refractivity contribution < 1.29 is 17.2 Å². The topological polar surface area (TPSA) is 49.9 Å². The summed E-state index contributed by atoms with van der Waals surface area (Å²) in [5, 5.41) is -0.230. The van der Waals surface area contributed by atoms with Gasteiger partial charge in [-0.1, -0.05) is 0 Å². The highest BCUT2D eigenvalue weighted by molar-refractivity contribution is 8.14. The largest absolute Gasteiger partial charge is 0.360 e. The summed E-state index contributed by atoms with van der Waals surface area (Å²) in [5.41, 5.74) is 0.0479. The van der Waals surface area contributed by atoms with E-state index in [9.17, 15) is 17.2 Å². The van der Waals surface area contributed by atoms with Crippen LogP contribution >= 0.6 is 10.7 Å². The molecule has 0 radical (unpaired) electrons. The Morgan fingerprint density at radius 1 is 1.27 bits per heavy atom. The lowest BCUT2D eigenvalue weighted by Gasteiger charge is -1.96. The minimum atomic E-state index is -4.04. The molecule has 0 amide bonds. The second-order valence-electron chi connectivity index (χ2n) is 2.90. The van der Waals surface area contributed by atoms with E-state index < -0.39 is 25.6 Å². The molecule has 0 unspecified atom stereocenters. The molecule has 2 rings (SSSR count). The van der Waals surface area contributed by atoms with E-state index in [-0.39, 0.29) is 10.9 Å². The predicted octanol–water partition coefficient (Wildman–Crippen LogP) is 2.37. The second-order valence-corrected chi connectivity index (χ2v) is 5.44. The van der Waals surface area contributed by atoms with Gasteiger partial charge in [0.15, 0.2) is 0 Å². The van der Waals surface area contributed by atoms with E-state index in [0.717, 1.165) is 12.3 Å². The lowest BCUT2D eigenvalue weighted by atomic mass is 10.2. The third-order valence-corrected chi connectivity index (χ3v) is 3.27. The fourth-order valence-corrected chi connectivity index (χ4v) is 2.36. The lowest BCUT2D eigenvalue weighted by molar-refractivity contribution is 0.589. The first-order chi connectivity index (χ1) is 6.89. The Labute approximate surface area is 88.1 Å². The molecular weight excluding hydrogens is 248 g/mol. The van der Waals surface area contributed by atoms with Gasteiger partial charge in [-0.15, -0.1) is 0 Å². The highest BCUT2D eigenvalue weighted by atomic mass is 35.7. The van der Waals surface area contributed by atoms with Crippen LogP contribution in [0.5, 0.6) is 0 Å². The second kappa shape index (κ2) is 3.18. The molecule has 1 heterocycles. The molecule has 0 fully saturated rings. The van der Waals surface area contributed by atoms with Crippen LogP contribution in [0.25, 0.3) is 10.9 Å². The molecule has 1 N–H and O–H groups in total. The van der Waals surface area contributed by atoms with Gasteiger partial charge in [-0.05, 0) is 6.07 Å². The van der Waals surface area contributed by atoms with Gasteiger partial charge in [0.2, 0.25) is 0 Å². The predicted molar refractivity (Wildman–Crippen MR) is 51.3 cm³/mol. The quantitative estimate of drug-likeness (QED) is 0.791. The molecular formula is C8H4ClF2NO2S. The zero-order valence-corrected chi connectivity index (χ0v) is 8.66. The summed E-state index contributed by atoms with van der Waals surface area (Å²) < 4.78 is 48.1. The normalized spacial score (nSPS) is 12.2. The number of benzene rings is 1. The Morgan fingerprint density at radius 3 is 2.53 bits per heavy atom. The van der Waals surface area contributed by atoms with Crippen molar-refractivity contribution in [2.24, 2.45) is 0 Å². The van der Waals surface area contributed by atoms with E-state index in [4.69, 9.17) is 10.7 Å². The van der Waals surface area contributed by atoms with Crippen LogP contribution in [0.4, 0.5) is 8.78 Å². The van der Waals surface area contributed by atoms with Gasteiger partial charge < -0.3 is 4.98 Å². The van der Waals surface area contributed by atoms with E-state index in [1.165, 1.54) is 0 Å². The number of hydrogen-bond donors (Lipinski definition) is 1. The van der Waals surface area contributed by atoms with Gasteiger partial charge in [0, 0.05) is 22.9 Å². The number of rotatable bonds is 1. The first-order valence-corrected chi connectivity index (χ1v) is 6.11. The number of fused-ring (bicyclic) bond motifs is 1. The Bertz CT molecular complexity index is 635. The first kappa shape index (κ1) is 10.4. The van der Waals surface area contributed by atoms with Crippen molar-refractivity contribution in [3.05, 3.63) is 30.0 Å². The summed E-state index contributed by atoms with van der Waals surface area (Å²) in [6, 6.07) is 1.59. The minimum Gasteiger partial charge on any atom is -0.360 e. The van der Waals surface area contributed by atoms with Crippen molar-refractivity contribution in [3.63, 3.8) is 0 Å². The van der Waals surface area contributed by atoms with E-state index in [0.29, 0.717) is 6.07 Å². The summed E-state index contributed by atoms with van der Waals surface area (Å²) >= 11 is 0. The number of H-pyrrole nitrogens is 1. The number of aromatic amines is 1. The van der Waals surface area contributed by atoms with Gasteiger partial charge in [-0.25, -0.2) is 17.2 Å². The van der Waals surface area contributed by atoms with Gasteiger partial charge >= 0.3 is 0 Å². The average Bonchev–Trinajstić information content (AvgIpc) is 2.45. The molecule has 80 valence electrons. The van der Waals surface area contributed by atoms with Crippen LogP contribution in [-0.4, -0.2) is 13.4 Å². The van der Waals surface area contributed by atoms with Gasteiger partial charge in [0.25, 0.3) is 9.05 Å². The van der Waals surface area contributed by atoms with Crippen molar-refractivity contribution in [2.75, 3.05) is 0 Å². The molecule has 0 bridgehead atoms. The third kappa shape index (κ3) is 1.70. The number of halogens is 3. The molecule has 1 aromatic carbocycles. The highest BCUT2D eigenvalue weighted by Crippen LogP contribution is 2.28. The van der Waals surface area contributed by atoms with Crippen molar-refractivity contribution in [1.29, 1.82) is 0 Å². The molecule has 7 heteroatoms. The summed E-state index contributed by atoms with van der Waals surface area (Å²) in [7, 11) is 1.04. The van der Waals surface area contributed by atoms with Crippen LogP contribution in [0.1, 0.15) is 0 Å². The van der Waals surface area contributed by atoms with Crippen LogP contribution in [0.2, 0.25) is 0 Å². The summed E-state index contributed by atoms with van der Waals surface area (Å²) in [6.45, 7) is 0. The molecule has 0 spiro atoms. The molecule has 0 saturated heterocycles. The maximum absolute atomic E-state index is 13.3. The fraction of sp³-hybridized carbons (Fsp3) is 0. The van der Waals surface area contributed by atoms with Crippen molar-refractivity contribution >= 4 is 30.6 Å². The molecule has 0 atom stereocenters. The zero-order valence-electron chi connectivity index (χ0n) is 7.09. The Kier molecular flexibility index (Phi) is 2.20. The van der Waals surface area contributed by atoms with Gasteiger partial charge in [-0.2, -0.15) is 0 Å². The van der Waals surface area contributed by atoms with Gasteiger partial charge in [0.05, 0.1) is 10.9 Å². The van der Waals surface area contributed by atoms with Crippen LogP contribution in [0.15, 0.2) is 23.2 Å². The lowest BCUT2D eigenvalue weighted by Crippen LogP contribution is -1.90. The maximum Gasteiger partial charge on any atom is 0.263 e. The monoisotopic (exact) mass is 251 g/mol. The Balaban J connectivity index is 2.93. The van der Waals surface area contributed by atoms with E-state index in [2.05, 4.69) is 4.98 Å². The van der Waals surface area contributed by atoms with Crippen LogP contribution in [0.3, 0.4) is 0 Å². The summed E-state index contributed by atoms with van der Waals surface area (Å²) in [4.78, 5) is 2.04. The minimum absolute atomic E-state index is 0.0479.